The maximum Gasteiger partial charge on any atom is 0.305 e. The van der Waals surface area contributed by atoms with E-state index in [2.05, 4.69) is 5.32 Å². The SMILES string of the molecule is CC(=O)N[C@H]1[C@H](OC(C)=O)O[C@H](COC(C)=O)[C@H](OC(C)=O)[C@@H]1O. The van der Waals surface area contributed by atoms with Gasteiger partial charge in [0, 0.05) is 27.7 Å². The number of carbonyl (C=O) groups is 4. The summed E-state index contributed by atoms with van der Waals surface area (Å²) >= 11 is 0. The summed E-state index contributed by atoms with van der Waals surface area (Å²) < 4.78 is 20.3. The van der Waals surface area contributed by atoms with Gasteiger partial charge in [-0.3, -0.25) is 19.2 Å². The average Bonchev–Trinajstić information content (AvgIpc) is 2.42. The molecule has 5 atom stereocenters. The summed E-state index contributed by atoms with van der Waals surface area (Å²) in [4.78, 5) is 44.8. The lowest BCUT2D eigenvalue weighted by Gasteiger charge is -2.43. The van der Waals surface area contributed by atoms with Crippen LogP contribution in [-0.4, -0.2) is 66.2 Å². The van der Waals surface area contributed by atoms with Crippen LogP contribution < -0.4 is 5.32 Å². The van der Waals surface area contributed by atoms with Crippen molar-refractivity contribution in [3.63, 3.8) is 0 Å². The highest BCUT2D eigenvalue weighted by atomic mass is 16.7. The summed E-state index contributed by atoms with van der Waals surface area (Å²) in [6.45, 7) is 4.28. The quantitative estimate of drug-likeness (QED) is 0.456. The molecule has 136 valence electrons. The van der Waals surface area contributed by atoms with E-state index in [-0.39, 0.29) is 6.61 Å². The van der Waals surface area contributed by atoms with Crippen LogP contribution in [0.5, 0.6) is 0 Å². The Hall–Kier alpha value is -2.20. The first-order valence-corrected chi connectivity index (χ1v) is 7.20. The predicted octanol–water partition coefficient (Wildman–Crippen LogP) is -1.37. The molecule has 2 N–H and O–H groups in total. The van der Waals surface area contributed by atoms with Gasteiger partial charge in [-0.25, -0.2) is 0 Å². The summed E-state index contributed by atoms with van der Waals surface area (Å²) in [6, 6.07) is -1.16. The lowest BCUT2D eigenvalue weighted by molar-refractivity contribution is -0.267. The fourth-order valence-electron chi connectivity index (χ4n) is 2.24. The van der Waals surface area contributed by atoms with Crippen molar-refractivity contribution in [2.45, 2.75) is 58.3 Å². The zero-order valence-corrected chi connectivity index (χ0v) is 13.8. The number of aliphatic hydroxyl groups is 1. The van der Waals surface area contributed by atoms with Crippen molar-refractivity contribution in [1.29, 1.82) is 0 Å². The summed E-state index contributed by atoms with van der Waals surface area (Å²) in [7, 11) is 0. The predicted molar refractivity (Wildman–Crippen MR) is 76.2 cm³/mol. The number of hydrogen-bond acceptors (Lipinski definition) is 9. The molecular formula is C14H21NO9. The Morgan fingerprint density at radius 2 is 1.58 bits per heavy atom. The van der Waals surface area contributed by atoms with Gasteiger partial charge >= 0.3 is 17.9 Å². The van der Waals surface area contributed by atoms with Gasteiger partial charge in [0.15, 0.2) is 6.10 Å². The molecule has 0 spiro atoms. The molecule has 1 aliphatic heterocycles. The van der Waals surface area contributed by atoms with Gasteiger partial charge in [0.05, 0.1) is 0 Å². The molecule has 0 bridgehead atoms. The van der Waals surface area contributed by atoms with Crippen LogP contribution in [0.25, 0.3) is 0 Å². The van der Waals surface area contributed by atoms with Crippen LogP contribution in [0.15, 0.2) is 0 Å². The normalized spacial score (nSPS) is 29.3. The molecule has 0 aromatic heterocycles. The third kappa shape index (κ3) is 5.78. The van der Waals surface area contributed by atoms with E-state index in [1.165, 1.54) is 13.8 Å². The van der Waals surface area contributed by atoms with Crippen LogP contribution in [-0.2, 0) is 38.1 Å². The highest BCUT2D eigenvalue weighted by molar-refractivity contribution is 5.73. The van der Waals surface area contributed by atoms with E-state index in [1.807, 2.05) is 0 Å². The van der Waals surface area contributed by atoms with Crippen LogP contribution in [0.2, 0.25) is 0 Å². The molecule has 1 heterocycles. The van der Waals surface area contributed by atoms with Gasteiger partial charge in [0.25, 0.3) is 0 Å². The first-order chi connectivity index (χ1) is 11.1. The maximum atomic E-state index is 11.3. The second-order valence-corrected chi connectivity index (χ2v) is 5.25. The minimum atomic E-state index is -1.45. The minimum Gasteiger partial charge on any atom is -0.463 e. The number of amides is 1. The highest BCUT2D eigenvalue weighted by Gasteiger charge is 2.49. The van der Waals surface area contributed by atoms with E-state index < -0.39 is 54.5 Å². The number of ether oxygens (including phenoxy) is 4. The summed E-state index contributed by atoms with van der Waals surface area (Å²) in [5.74, 6) is -2.54. The van der Waals surface area contributed by atoms with Crippen LogP contribution in [0.3, 0.4) is 0 Å². The van der Waals surface area contributed by atoms with Crippen molar-refractivity contribution >= 4 is 23.8 Å². The Morgan fingerprint density at radius 3 is 2.04 bits per heavy atom. The van der Waals surface area contributed by atoms with E-state index in [0.717, 1.165) is 13.8 Å². The topological polar surface area (TPSA) is 137 Å². The molecule has 1 fully saturated rings. The zero-order chi connectivity index (χ0) is 18.4. The monoisotopic (exact) mass is 347 g/mol. The van der Waals surface area contributed by atoms with Gasteiger partial charge < -0.3 is 29.4 Å². The van der Waals surface area contributed by atoms with Crippen molar-refractivity contribution in [2.24, 2.45) is 0 Å². The first kappa shape index (κ1) is 19.8. The molecular weight excluding hydrogens is 326 g/mol. The van der Waals surface area contributed by atoms with Crippen molar-refractivity contribution in [2.75, 3.05) is 6.61 Å². The molecule has 1 rings (SSSR count). The van der Waals surface area contributed by atoms with Crippen LogP contribution in [0, 0.1) is 0 Å². The van der Waals surface area contributed by atoms with Gasteiger partial charge in [-0.15, -0.1) is 0 Å². The smallest absolute Gasteiger partial charge is 0.305 e. The van der Waals surface area contributed by atoms with E-state index >= 15 is 0 Å². The molecule has 0 saturated carbocycles. The number of rotatable bonds is 5. The van der Waals surface area contributed by atoms with Crippen molar-refractivity contribution in [3.05, 3.63) is 0 Å². The van der Waals surface area contributed by atoms with E-state index in [0.29, 0.717) is 0 Å². The molecule has 0 radical (unpaired) electrons. The van der Waals surface area contributed by atoms with Crippen LogP contribution in [0.1, 0.15) is 27.7 Å². The molecule has 1 amide bonds. The fourth-order valence-corrected chi connectivity index (χ4v) is 2.24. The number of nitrogens with one attached hydrogen (secondary N) is 1. The largest absolute Gasteiger partial charge is 0.463 e. The van der Waals surface area contributed by atoms with Gasteiger partial charge in [0.2, 0.25) is 12.2 Å². The Morgan fingerprint density at radius 1 is 1.00 bits per heavy atom. The van der Waals surface area contributed by atoms with E-state index in [4.69, 9.17) is 18.9 Å². The molecule has 0 aliphatic carbocycles. The Balaban J connectivity index is 3.04. The summed E-state index contributed by atoms with van der Waals surface area (Å²) in [5, 5.41) is 12.8. The van der Waals surface area contributed by atoms with Crippen molar-refractivity contribution < 1.29 is 43.2 Å². The third-order valence-corrected chi connectivity index (χ3v) is 3.08. The summed E-state index contributed by atoms with van der Waals surface area (Å²) in [6.07, 6.45) is -5.10. The summed E-state index contributed by atoms with van der Waals surface area (Å²) in [5.41, 5.74) is 0. The van der Waals surface area contributed by atoms with Crippen molar-refractivity contribution in [1.82, 2.24) is 5.32 Å². The van der Waals surface area contributed by atoms with Gasteiger partial charge in [-0.1, -0.05) is 0 Å². The molecule has 1 aliphatic rings. The standard InChI is InChI=1S/C14H21NO9/c1-6(16)15-11-12(20)13(22-8(3)18)10(5-21-7(2)17)24-14(11)23-9(4)19/h10-14,20H,5H2,1-4H3,(H,15,16)/t10-,11-,12-,13+,14-/m1/s1. The Kier molecular flexibility index (Phi) is 7.11. The highest BCUT2D eigenvalue weighted by Crippen LogP contribution is 2.25. The van der Waals surface area contributed by atoms with E-state index in [1.54, 1.807) is 0 Å². The second kappa shape index (κ2) is 8.60. The molecule has 1 saturated heterocycles. The maximum absolute atomic E-state index is 11.3. The Labute approximate surface area is 138 Å². The van der Waals surface area contributed by atoms with Gasteiger partial charge in [-0.2, -0.15) is 0 Å². The molecule has 10 heteroatoms. The number of carbonyl (C=O) groups excluding carboxylic acids is 4. The Bertz CT molecular complexity index is 504. The number of esters is 3. The molecule has 24 heavy (non-hydrogen) atoms. The fraction of sp³-hybridized carbons (Fsp3) is 0.714. The molecule has 0 unspecified atom stereocenters. The minimum absolute atomic E-state index is 0.338. The second-order valence-electron chi connectivity index (χ2n) is 5.25. The lowest BCUT2D eigenvalue weighted by atomic mass is 9.96. The average molecular weight is 347 g/mol. The van der Waals surface area contributed by atoms with Crippen LogP contribution >= 0.6 is 0 Å². The van der Waals surface area contributed by atoms with Gasteiger partial charge in [-0.05, 0) is 0 Å². The number of hydrogen-bond donors (Lipinski definition) is 2. The molecule has 10 nitrogen and oxygen atoms in total. The lowest BCUT2D eigenvalue weighted by Crippen LogP contribution is -2.65. The molecule has 0 aromatic rings. The number of aliphatic hydroxyl groups excluding tert-OH is 1. The zero-order valence-electron chi connectivity index (χ0n) is 13.8. The van der Waals surface area contributed by atoms with Crippen LogP contribution in [0.4, 0.5) is 0 Å². The first-order valence-electron chi connectivity index (χ1n) is 7.20. The molecule has 0 aromatic carbocycles. The van der Waals surface area contributed by atoms with E-state index in [9.17, 15) is 24.3 Å². The van der Waals surface area contributed by atoms with Gasteiger partial charge in [0.1, 0.15) is 24.9 Å². The third-order valence-electron chi connectivity index (χ3n) is 3.08. The van der Waals surface area contributed by atoms with Crippen molar-refractivity contribution in [3.8, 4) is 0 Å².